The Bertz CT molecular complexity index is 328. The van der Waals surface area contributed by atoms with E-state index in [9.17, 15) is 13.2 Å². The summed E-state index contributed by atoms with van der Waals surface area (Å²) in [5.41, 5.74) is 5.57. The fraction of sp³-hybridized carbons (Fsp3) is 0.900. The Morgan fingerprint density at radius 3 is 2.35 bits per heavy atom. The lowest BCUT2D eigenvalue weighted by Crippen LogP contribution is -2.33. The number of carbonyl (C=O) groups excluding carboxylic acids is 1. The van der Waals surface area contributed by atoms with E-state index in [1.54, 1.807) is 0 Å². The van der Waals surface area contributed by atoms with E-state index in [2.05, 4.69) is 19.2 Å². The van der Waals surface area contributed by atoms with Crippen molar-refractivity contribution in [3.8, 4) is 0 Å². The largest absolute Gasteiger partial charge is 0.355 e. The highest BCUT2D eigenvalue weighted by molar-refractivity contribution is 7.89. The minimum atomic E-state index is -3.51. The van der Waals surface area contributed by atoms with Crippen LogP contribution in [-0.2, 0) is 14.8 Å². The molecule has 7 heteroatoms. The van der Waals surface area contributed by atoms with Crippen molar-refractivity contribution >= 4 is 15.9 Å². The molecule has 0 aromatic heterocycles. The zero-order valence-corrected chi connectivity index (χ0v) is 11.3. The van der Waals surface area contributed by atoms with E-state index >= 15 is 0 Å². The van der Waals surface area contributed by atoms with Crippen LogP contribution in [0.5, 0.6) is 0 Å². The van der Waals surface area contributed by atoms with Crippen molar-refractivity contribution in [2.75, 3.05) is 18.8 Å². The van der Waals surface area contributed by atoms with Crippen molar-refractivity contribution < 1.29 is 13.2 Å². The fourth-order valence-electron chi connectivity index (χ4n) is 1.60. The molecule has 0 radical (unpaired) electrons. The summed E-state index contributed by atoms with van der Waals surface area (Å²) in [5.74, 6) is 0.214. The van der Waals surface area contributed by atoms with Crippen molar-refractivity contribution in [2.24, 2.45) is 22.7 Å². The van der Waals surface area contributed by atoms with Crippen LogP contribution in [0.1, 0.15) is 26.7 Å². The number of hydrogen-bond acceptors (Lipinski definition) is 4. The third kappa shape index (κ3) is 10.2. The molecule has 102 valence electrons. The first kappa shape index (κ1) is 16.3. The summed E-state index contributed by atoms with van der Waals surface area (Å²) >= 11 is 0. The molecule has 0 aromatic rings. The standard InChI is InChI=1S/C10H23N3O3S/c1-8(2)5-9(7-11)6-10(14)13-3-4-17(12,15)16/h8-9H,3-7,11H2,1-2H3,(H,13,14)(H2,12,15,16)/t9-/m0/s1. The summed E-state index contributed by atoms with van der Waals surface area (Å²) in [7, 11) is -3.51. The number of nitrogens with two attached hydrogens (primary N) is 2. The Labute approximate surface area is 103 Å². The van der Waals surface area contributed by atoms with Crippen molar-refractivity contribution in [1.29, 1.82) is 0 Å². The van der Waals surface area contributed by atoms with Gasteiger partial charge in [0.25, 0.3) is 0 Å². The summed E-state index contributed by atoms with van der Waals surface area (Å²) in [5, 5.41) is 7.34. The van der Waals surface area contributed by atoms with Crippen molar-refractivity contribution in [3.05, 3.63) is 0 Å². The minimum absolute atomic E-state index is 0.0522. The molecule has 1 amide bonds. The molecule has 0 saturated heterocycles. The van der Waals surface area contributed by atoms with Crippen molar-refractivity contribution in [3.63, 3.8) is 0 Å². The summed E-state index contributed by atoms with van der Waals surface area (Å²) in [6.07, 6.45) is 1.22. The Hall–Kier alpha value is -0.660. The molecule has 0 spiro atoms. The van der Waals surface area contributed by atoms with Crippen LogP contribution in [0.2, 0.25) is 0 Å². The van der Waals surface area contributed by atoms with Crippen LogP contribution in [0.15, 0.2) is 0 Å². The van der Waals surface area contributed by atoms with E-state index in [0.29, 0.717) is 18.9 Å². The summed E-state index contributed by atoms with van der Waals surface area (Å²) in [6.45, 7) is 4.65. The predicted molar refractivity (Wildman–Crippen MR) is 67.6 cm³/mol. The molecule has 5 N–H and O–H groups in total. The highest BCUT2D eigenvalue weighted by atomic mass is 32.2. The number of amides is 1. The van der Waals surface area contributed by atoms with Gasteiger partial charge in [0.1, 0.15) is 0 Å². The first-order valence-corrected chi connectivity index (χ1v) is 7.43. The summed E-state index contributed by atoms with van der Waals surface area (Å²) in [6, 6.07) is 0. The van der Waals surface area contributed by atoms with Gasteiger partial charge in [0.05, 0.1) is 5.75 Å². The molecule has 0 fully saturated rings. The van der Waals surface area contributed by atoms with Gasteiger partial charge in [-0.15, -0.1) is 0 Å². The van der Waals surface area contributed by atoms with Gasteiger partial charge in [0.15, 0.2) is 0 Å². The molecule has 0 unspecified atom stereocenters. The van der Waals surface area contributed by atoms with Crippen LogP contribution in [0, 0.1) is 11.8 Å². The molecule has 1 atom stereocenters. The summed E-state index contributed by atoms with van der Waals surface area (Å²) < 4.78 is 21.3. The second kappa shape index (κ2) is 7.62. The number of hydrogen-bond donors (Lipinski definition) is 3. The first-order valence-electron chi connectivity index (χ1n) is 5.71. The SMILES string of the molecule is CC(C)C[C@H](CN)CC(=O)NCCS(N)(=O)=O. The minimum Gasteiger partial charge on any atom is -0.355 e. The molecule has 0 bridgehead atoms. The monoisotopic (exact) mass is 265 g/mol. The maximum atomic E-state index is 11.5. The average molecular weight is 265 g/mol. The van der Waals surface area contributed by atoms with Gasteiger partial charge in [-0.25, -0.2) is 13.6 Å². The zero-order valence-electron chi connectivity index (χ0n) is 10.5. The highest BCUT2D eigenvalue weighted by Crippen LogP contribution is 2.13. The fourth-order valence-corrected chi connectivity index (χ4v) is 1.98. The molecule has 0 aliphatic heterocycles. The van der Waals surface area contributed by atoms with Gasteiger partial charge >= 0.3 is 0 Å². The third-order valence-electron chi connectivity index (χ3n) is 2.32. The van der Waals surface area contributed by atoms with Crippen LogP contribution in [-0.4, -0.2) is 33.2 Å². The lowest BCUT2D eigenvalue weighted by Gasteiger charge is -2.16. The number of nitrogens with one attached hydrogen (secondary N) is 1. The van der Waals surface area contributed by atoms with E-state index < -0.39 is 10.0 Å². The predicted octanol–water partition coefficient (Wildman–Crippen LogP) is -0.598. The maximum Gasteiger partial charge on any atom is 0.220 e. The maximum absolute atomic E-state index is 11.5. The van der Waals surface area contributed by atoms with Crippen LogP contribution in [0.3, 0.4) is 0 Å². The Morgan fingerprint density at radius 2 is 1.94 bits per heavy atom. The molecular formula is C10H23N3O3S. The second-order valence-corrected chi connectivity index (χ2v) is 6.39. The van der Waals surface area contributed by atoms with Gasteiger partial charge in [-0.05, 0) is 24.8 Å². The smallest absolute Gasteiger partial charge is 0.220 e. The molecule has 0 heterocycles. The Kier molecular flexibility index (Phi) is 7.33. The van der Waals surface area contributed by atoms with Crippen LogP contribution >= 0.6 is 0 Å². The Morgan fingerprint density at radius 1 is 1.35 bits per heavy atom. The van der Waals surface area contributed by atoms with Crippen molar-refractivity contribution in [2.45, 2.75) is 26.7 Å². The van der Waals surface area contributed by atoms with Gasteiger partial charge in [0.2, 0.25) is 15.9 Å². The van der Waals surface area contributed by atoms with Gasteiger partial charge in [-0.1, -0.05) is 13.8 Å². The van der Waals surface area contributed by atoms with Gasteiger partial charge in [0, 0.05) is 13.0 Å². The Balaban J connectivity index is 3.91. The number of rotatable bonds is 8. The normalized spacial score (nSPS) is 13.7. The first-order chi connectivity index (χ1) is 7.74. The van der Waals surface area contributed by atoms with Crippen molar-refractivity contribution in [1.82, 2.24) is 5.32 Å². The van der Waals surface area contributed by atoms with E-state index in [4.69, 9.17) is 10.9 Å². The number of carbonyl (C=O) groups is 1. The van der Waals surface area contributed by atoms with Crippen LogP contribution in [0.4, 0.5) is 0 Å². The topological polar surface area (TPSA) is 115 Å². The molecule has 0 aliphatic rings. The molecule has 6 nitrogen and oxygen atoms in total. The summed E-state index contributed by atoms with van der Waals surface area (Å²) in [4.78, 5) is 11.5. The van der Waals surface area contributed by atoms with Gasteiger partial charge in [-0.2, -0.15) is 0 Å². The van der Waals surface area contributed by atoms with Crippen LogP contribution in [0.25, 0.3) is 0 Å². The second-order valence-electron chi connectivity index (χ2n) is 4.65. The lowest BCUT2D eigenvalue weighted by atomic mass is 9.94. The quantitative estimate of drug-likeness (QED) is 0.543. The molecule has 0 rings (SSSR count). The molecule has 0 saturated carbocycles. The average Bonchev–Trinajstić information content (AvgIpc) is 2.13. The van der Waals surface area contributed by atoms with E-state index in [0.717, 1.165) is 6.42 Å². The molecule has 17 heavy (non-hydrogen) atoms. The van der Waals surface area contributed by atoms with Gasteiger partial charge < -0.3 is 11.1 Å². The van der Waals surface area contributed by atoms with E-state index in [-0.39, 0.29) is 24.1 Å². The zero-order chi connectivity index (χ0) is 13.5. The lowest BCUT2D eigenvalue weighted by molar-refractivity contribution is -0.121. The highest BCUT2D eigenvalue weighted by Gasteiger charge is 2.14. The third-order valence-corrected chi connectivity index (χ3v) is 3.09. The number of primary sulfonamides is 1. The van der Waals surface area contributed by atoms with E-state index in [1.165, 1.54) is 0 Å². The molecule has 0 aromatic carbocycles. The van der Waals surface area contributed by atoms with Crippen LogP contribution < -0.4 is 16.2 Å². The number of sulfonamides is 1. The van der Waals surface area contributed by atoms with E-state index in [1.807, 2.05) is 0 Å². The van der Waals surface area contributed by atoms with Gasteiger partial charge in [-0.3, -0.25) is 4.79 Å². The molecular weight excluding hydrogens is 242 g/mol. The molecule has 0 aliphatic carbocycles.